The van der Waals surface area contributed by atoms with Crippen LogP contribution in [0.4, 0.5) is 0 Å². The zero-order chi connectivity index (χ0) is 12.8. The maximum atomic E-state index is 5.78. The lowest BCUT2D eigenvalue weighted by Crippen LogP contribution is -2.45. The SMILES string of the molecule is CC1=NC(C2CCC3(CC2)OCCO3)N(C)N1C. The molecule has 0 radical (unpaired) electrons. The normalized spacial score (nSPS) is 33.4. The van der Waals surface area contributed by atoms with Crippen LogP contribution in [-0.2, 0) is 9.47 Å². The molecule has 3 rings (SSSR count). The molecule has 0 aromatic carbocycles. The molecule has 1 saturated heterocycles. The summed E-state index contributed by atoms with van der Waals surface area (Å²) in [6.45, 7) is 3.59. The lowest BCUT2D eigenvalue weighted by atomic mass is 9.83. The Kier molecular flexibility index (Phi) is 3.08. The van der Waals surface area contributed by atoms with E-state index in [1.807, 2.05) is 0 Å². The van der Waals surface area contributed by atoms with Gasteiger partial charge in [-0.1, -0.05) is 0 Å². The summed E-state index contributed by atoms with van der Waals surface area (Å²) in [6.07, 6.45) is 4.61. The fourth-order valence-electron chi connectivity index (χ4n) is 3.34. The molecule has 0 aromatic rings. The Morgan fingerprint density at radius 2 is 1.78 bits per heavy atom. The number of hydrogen-bond acceptors (Lipinski definition) is 5. The first kappa shape index (κ1) is 12.4. The van der Waals surface area contributed by atoms with Crippen LogP contribution in [0.3, 0.4) is 0 Å². The number of hydrogen-bond donors (Lipinski definition) is 0. The Balaban J connectivity index is 1.63. The summed E-state index contributed by atoms with van der Waals surface area (Å²) in [4.78, 5) is 4.78. The van der Waals surface area contributed by atoms with E-state index in [0.717, 1.165) is 44.7 Å². The van der Waals surface area contributed by atoms with Gasteiger partial charge in [-0.25, -0.2) is 0 Å². The van der Waals surface area contributed by atoms with Gasteiger partial charge in [0.1, 0.15) is 12.0 Å². The van der Waals surface area contributed by atoms with E-state index in [1.165, 1.54) is 0 Å². The van der Waals surface area contributed by atoms with Gasteiger partial charge < -0.3 is 9.47 Å². The first-order valence-electron chi connectivity index (χ1n) is 6.90. The molecule has 5 nitrogen and oxygen atoms in total. The van der Waals surface area contributed by atoms with E-state index in [-0.39, 0.29) is 5.79 Å². The molecule has 2 aliphatic heterocycles. The molecule has 1 atom stereocenters. The van der Waals surface area contributed by atoms with Gasteiger partial charge in [0, 0.05) is 26.9 Å². The Morgan fingerprint density at radius 3 is 2.28 bits per heavy atom. The predicted molar refractivity (Wildman–Crippen MR) is 69.0 cm³/mol. The van der Waals surface area contributed by atoms with Crippen LogP contribution < -0.4 is 0 Å². The highest BCUT2D eigenvalue weighted by molar-refractivity contribution is 5.80. The first-order valence-corrected chi connectivity index (χ1v) is 6.90. The zero-order valence-corrected chi connectivity index (χ0v) is 11.6. The second-order valence-corrected chi connectivity index (χ2v) is 5.63. The Hall–Kier alpha value is -0.650. The standard InChI is InChI=1S/C13H23N3O2/c1-10-14-12(16(3)15(10)2)11-4-6-13(7-5-11)17-8-9-18-13/h11-12H,4-9H2,1-3H3. The summed E-state index contributed by atoms with van der Waals surface area (Å²) >= 11 is 0. The Bertz CT molecular complexity index is 342. The molecule has 102 valence electrons. The summed E-state index contributed by atoms with van der Waals surface area (Å²) in [5, 5.41) is 4.38. The van der Waals surface area contributed by atoms with Crippen molar-refractivity contribution in [1.29, 1.82) is 0 Å². The first-order chi connectivity index (χ1) is 8.61. The van der Waals surface area contributed by atoms with Crippen molar-refractivity contribution in [2.45, 2.75) is 44.6 Å². The van der Waals surface area contributed by atoms with Crippen molar-refractivity contribution in [2.75, 3.05) is 27.3 Å². The van der Waals surface area contributed by atoms with E-state index in [2.05, 4.69) is 31.0 Å². The van der Waals surface area contributed by atoms with Crippen molar-refractivity contribution in [3.05, 3.63) is 0 Å². The topological polar surface area (TPSA) is 37.3 Å². The molecule has 1 spiro atoms. The number of amidine groups is 1. The van der Waals surface area contributed by atoms with Crippen LogP contribution in [0.25, 0.3) is 0 Å². The third-order valence-corrected chi connectivity index (χ3v) is 4.67. The summed E-state index contributed by atoms with van der Waals surface area (Å²) in [5.74, 6) is 1.47. The molecule has 0 N–H and O–H groups in total. The second-order valence-electron chi connectivity index (χ2n) is 5.63. The molecule has 18 heavy (non-hydrogen) atoms. The molecule has 1 saturated carbocycles. The van der Waals surface area contributed by atoms with Gasteiger partial charge in [-0.05, 0) is 25.7 Å². The molecule has 1 aliphatic carbocycles. The molecule has 0 amide bonds. The molecule has 2 heterocycles. The molecule has 5 heteroatoms. The van der Waals surface area contributed by atoms with E-state index >= 15 is 0 Å². The van der Waals surface area contributed by atoms with E-state index in [4.69, 9.17) is 14.5 Å². The molecule has 1 unspecified atom stereocenters. The number of ether oxygens (including phenoxy) is 2. The number of nitrogens with zero attached hydrogens (tertiary/aromatic N) is 3. The van der Waals surface area contributed by atoms with Crippen molar-refractivity contribution in [3.8, 4) is 0 Å². The molecule has 0 bridgehead atoms. The van der Waals surface area contributed by atoms with Crippen molar-refractivity contribution >= 4 is 5.84 Å². The Morgan fingerprint density at radius 1 is 1.17 bits per heavy atom. The lowest BCUT2D eigenvalue weighted by Gasteiger charge is -2.39. The van der Waals surface area contributed by atoms with Crippen molar-refractivity contribution in [2.24, 2.45) is 10.9 Å². The quantitative estimate of drug-likeness (QED) is 0.709. The van der Waals surface area contributed by atoms with Crippen molar-refractivity contribution < 1.29 is 9.47 Å². The number of aliphatic imine (C=N–C) groups is 1. The summed E-state index contributed by atoms with van der Waals surface area (Å²) in [7, 11) is 4.20. The molecular weight excluding hydrogens is 230 g/mol. The largest absolute Gasteiger partial charge is 0.348 e. The third-order valence-electron chi connectivity index (χ3n) is 4.67. The van der Waals surface area contributed by atoms with Gasteiger partial charge in [-0.2, -0.15) is 5.01 Å². The van der Waals surface area contributed by atoms with Gasteiger partial charge in [0.15, 0.2) is 5.79 Å². The highest BCUT2D eigenvalue weighted by Crippen LogP contribution is 2.41. The van der Waals surface area contributed by atoms with Gasteiger partial charge in [0.2, 0.25) is 0 Å². The van der Waals surface area contributed by atoms with Gasteiger partial charge in [-0.15, -0.1) is 0 Å². The van der Waals surface area contributed by atoms with Crippen LogP contribution in [0.2, 0.25) is 0 Å². The summed E-state index contributed by atoms with van der Waals surface area (Å²) in [6, 6.07) is 0. The van der Waals surface area contributed by atoms with Crippen molar-refractivity contribution in [3.63, 3.8) is 0 Å². The van der Waals surface area contributed by atoms with E-state index < -0.39 is 0 Å². The average molecular weight is 253 g/mol. The fourth-order valence-corrected chi connectivity index (χ4v) is 3.34. The van der Waals surface area contributed by atoms with Gasteiger partial charge in [0.05, 0.1) is 13.2 Å². The molecule has 0 aromatic heterocycles. The smallest absolute Gasteiger partial charge is 0.168 e. The van der Waals surface area contributed by atoms with Crippen LogP contribution in [0.5, 0.6) is 0 Å². The molecule has 2 fully saturated rings. The van der Waals surface area contributed by atoms with Crippen LogP contribution in [0, 0.1) is 5.92 Å². The summed E-state index contributed by atoms with van der Waals surface area (Å²) in [5.41, 5.74) is 0. The van der Waals surface area contributed by atoms with Crippen LogP contribution in [-0.4, -0.2) is 55.1 Å². The highest BCUT2D eigenvalue weighted by Gasteiger charge is 2.44. The maximum absolute atomic E-state index is 5.78. The minimum atomic E-state index is -0.252. The average Bonchev–Trinajstić information content (AvgIpc) is 2.92. The van der Waals surface area contributed by atoms with Gasteiger partial charge in [0.25, 0.3) is 0 Å². The zero-order valence-electron chi connectivity index (χ0n) is 11.6. The summed E-state index contributed by atoms with van der Waals surface area (Å²) < 4.78 is 11.6. The second kappa shape index (κ2) is 4.47. The van der Waals surface area contributed by atoms with E-state index in [1.54, 1.807) is 0 Å². The third kappa shape index (κ3) is 1.94. The minimum absolute atomic E-state index is 0.252. The van der Waals surface area contributed by atoms with E-state index in [9.17, 15) is 0 Å². The molecular formula is C13H23N3O2. The minimum Gasteiger partial charge on any atom is -0.348 e. The Labute approximate surface area is 109 Å². The van der Waals surface area contributed by atoms with Crippen LogP contribution >= 0.6 is 0 Å². The van der Waals surface area contributed by atoms with Gasteiger partial charge >= 0.3 is 0 Å². The number of rotatable bonds is 1. The van der Waals surface area contributed by atoms with Crippen molar-refractivity contribution in [1.82, 2.24) is 10.0 Å². The monoisotopic (exact) mass is 253 g/mol. The van der Waals surface area contributed by atoms with Gasteiger partial charge in [-0.3, -0.25) is 10.0 Å². The predicted octanol–water partition coefficient (Wildman–Crippen LogP) is 1.46. The number of hydrazine groups is 1. The fraction of sp³-hybridized carbons (Fsp3) is 0.923. The highest BCUT2D eigenvalue weighted by atomic mass is 16.7. The lowest BCUT2D eigenvalue weighted by molar-refractivity contribution is -0.186. The van der Waals surface area contributed by atoms with Crippen LogP contribution in [0.1, 0.15) is 32.6 Å². The molecule has 3 aliphatic rings. The maximum Gasteiger partial charge on any atom is 0.168 e. The van der Waals surface area contributed by atoms with Crippen LogP contribution in [0.15, 0.2) is 4.99 Å². The van der Waals surface area contributed by atoms with E-state index in [0.29, 0.717) is 12.1 Å².